The molecule has 0 aromatic carbocycles. The molecule has 3 rings (SSSR count). The van der Waals surface area contributed by atoms with E-state index in [0.29, 0.717) is 38.3 Å². The summed E-state index contributed by atoms with van der Waals surface area (Å²) in [6, 6.07) is 0. The highest BCUT2D eigenvalue weighted by atomic mass is 32.2. The largest absolute Gasteiger partial charge is 0.332 e. The highest BCUT2D eigenvalue weighted by Gasteiger charge is 2.48. The van der Waals surface area contributed by atoms with E-state index in [2.05, 4.69) is 5.10 Å². The Morgan fingerprint density at radius 3 is 2.40 bits per heavy atom. The molecule has 1 spiro atoms. The molecule has 2 aliphatic rings. The monoisotopic (exact) mass is 300 g/mol. The molecular weight excluding hydrogens is 284 g/mol. The van der Waals surface area contributed by atoms with Crippen LogP contribution in [0.25, 0.3) is 0 Å². The zero-order chi connectivity index (χ0) is 14.7. The van der Waals surface area contributed by atoms with Gasteiger partial charge in [-0.2, -0.15) is 5.10 Å². The van der Waals surface area contributed by atoms with Gasteiger partial charge in [-0.05, 0) is 12.8 Å². The minimum atomic E-state index is -3.25. The molecule has 1 aromatic heterocycles. The molecule has 9 heteroatoms. The van der Waals surface area contributed by atoms with Gasteiger partial charge in [0, 0.05) is 32.1 Å². The third-order valence-corrected chi connectivity index (χ3v) is 5.55. The van der Waals surface area contributed by atoms with E-state index >= 15 is 0 Å². The molecule has 1 atom stereocenters. The topological polar surface area (TPSA) is 94.3 Å². The molecule has 20 heavy (non-hydrogen) atoms. The summed E-state index contributed by atoms with van der Waals surface area (Å²) in [7, 11) is -1.80. The van der Waals surface area contributed by atoms with Gasteiger partial charge in [-0.1, -0.05) is 0 Å². The Labute approximate surface area is 115 Å². The second-order valence-electron chi connectivity index (χ2n) is 5.59. The number of hydrogen-bond acceptors (Lipinski definition) is 5. The number of hydrogen-bond donors (Lipinski definition) is 0. The molecule has 1 aromatic rings. The highest BCUT2D eigenvalue weighted by Crippen LogP contribution is 2.40. The van der Waals surface area contributed by atoms with Crippen molar-refractivity contribution in [2.24, 2.45) is 7.05 Å². The van der Waals surface area contributed by atoms with Crippen molar-refractivity contribution < 1.29 is 8.42 Å². The number of rotatable bonds is 1. The summed E-state index contributed by atoms with van der Waals surface area (Å²) < 4.78 is 27.2. The van der Waals surface area contributed by atoms with E-state index in [1.807, 2.05) is 0 Å². The van der Waals surface area contributed by atoms with Gasteiger partial charge in [0.15, 0.2) is 0 Å². The van der Waals surface area contributed by atoms with Crippen LogP contribution in [0.15, 0.2) is 9.59 Å². The number of fused-ring (bicyclic) bond motifs is 2. The molecule has 1 fully saturated rings. The number of aryl methyl sites for hydroxylation is 1. The Hall–Kier alpha value is -1.48. The second kappa shape index (κ2) is 4.01. The van der Waals surface area contributed by atoms with Crippen molar-refractivity contribution >= 4 is 10.0 Å². The summed E-state index contributed by atoms with van der Waals surface area (Å²) in [5.74, 6) is 0.538. The van der Waals surface area contributed by atoms with Crippen LogP contribution in [-0.2, 0) is 29.0 Å². The SMILES string of the molecule is Cn1nc2n(c(=O)c1=O)CCC21CCN(S(C)(=O)=O)C1. The molecule has 8 nitrogen and oxygen atoms in total. The third-order valence-electron chi connectivity index (χ3n) is 4.30. The lowest BCUT2D eigenvalue weighted by Crippen LogP contribution is -2.44. The fraction of sp³-hybridized carbons (Fsp3) is 0.727. The van der Waals surface area contributed by atoms with Gasteiger partial charge in [-0.25, -0.2) is 17.4 Å². The van der Waals surface area contributed by atoms with Gasteiger partial charge < -0.3 is 0 Å². The molecule has 0 saturated carbocycles. The molecule has 2 aliphatic heterocycles. The minimum absolute atomic E-state index is 0.330. The van der Waals surface area contributed by atoms with Gasteiger partial charge in [0.25, 0.3) is 0 Å². The van der Waals surface area contributed by atoms with Gasteiger partial charge in [-0.3, -0.25) is 14.2 Å². The molecule has 0 amide bonds. The predicted molar refractivity (Wildman–Crippen MR) is 71.1 cm³/mol. The fourth-order valence-corrected chi connectivity index (χ4v) is 4.04. The molecule has 0 aliphatic carbocycles. The Morgan fingerprint density at radius 1 is 1.15 bits per heavy atom. The lowest BCUT2D eigenvalue weighted by molar-refractivity contribution is 0.403. The van der Waals surface area contributed by atoms with Gasteiger partial charge in [0.05, 0.1) is 6.26 Å². The first-order valence-electron chi connectivity index (χ1n) is 6.38. The highest BCUT2D eigenvalue weighted by molar-refractivity contribution is 7.88. The van der Waals surface area contributed by atoms with Crippen molar-refractivity contribution in [1.82, 2.24) is 18.7 Å². The maximum Gasteiger partial charge on any atom is 0.332 e. The fourth-order valence-electron chi connectivity index (χ4n) is 3.13. The lowest BCUT2D eigenvalue weighted by atomic mass is 9.85. The molecular formula is C11H16N4O4S. The van der Waals surface area contributed by atoms with Crippen LogP contribution in [0.1, 0.15) is 18.7 Å². The Kier molecular flexibility index (Phi) is 2.71. The first kappa shape index (κ1) is 13.5. The zero-order valence-electron chi connectivity index (χ0n) is 11.4. The number of sulfonamides is 1. The van der Waals surface area contributed by atoms with Crippen LogP contribution < -0.4 is 11.1 Å². The maximum atomic E-state index is 12.0. The summed E-state index contributed by atoms with van der Waals surface area (Å²) in [6.07, 6.45) is 2.46. The van der Waals surface area contributed by atoms with Crippen molar-refractivity contribution in [1.29, 1.82) is 0 Å². The summed E-state index contributed by atoms with van der Waals surface area (Å²) in [5.41, 5.74) is -1.66. The maximum absolute atomic E-state index is 12.0. The first-order valence-corrected chi connectivity index (χ1v) is 8.23. The third kappa shape index (κ3) is 1.76. The Morgan fingerprint density at radius 2 is 1.80 bits per heavy atom. The molecule has 0 radical (unpaired) electrons. The van der Waals surface area contributed by atoms with Crippen LogP contribution in [0, 0.1) is 0 Å². The average molecular weight is 300 g/mol. The summed E-state index contributed by atoms with van der Waals surface area (Å²) in [4.78, 5) is 23.6. The van der Waals surface area contributed by atoms with Crippen LogP contribution >= 0.6 is 0 Å². The standard InChI is InChI=1S/C11H16N4O4S/c1-13-8(16)9(17)15-6-4-11(10(15)12-13)3-5-14(7-11)20(2,18)19/h3-7H2,1-2H3. The molecule has 3 heterocycles. The van der Waals surface area contributed by atoms with E-state index in [1.165, 1.54) is 22.2 Å². The van der Waals surface area contributed by atoms with Crippen LogP contribution in [0.4, 0.5) is 0 Å². The normalized spacial score (nSPS) is 26.3. The first-order chi connectivity index (χ1) is 9.24. The van der Waals surface area contributed by atoms with E-state index in [1.54, 1.807) is 0 Å². The van der Waals surface area contributed by atoms with Gasteiger partial charge in [0.1, 0.15) is 5.82 Å². The van der Waals surface area contributed by atoms with E-state index < -0.39 is 26.6 Å². The van der Waals surface area contributed by atoms with Crippen molar-refractivity contribution in [3.05, 3.63) is 26.5 Å². The van der Waals surface area contributed by atoms with E-state index in [-0.39, 0.29) is 0 Å². The van der Waals surface area contributed by atoms with Crippen molar-refractivity contribution in [3.63, 3.8) is 0 Å². The zero-order valence-corrected chi connectivity index (χ0v) is 12.2. The van der Waals surface area contributed by atoms with Gasteiger partial charge >= 0.3 is 11.1 Å². The second-order valence-corrected chi connectivity index (χ2v) is 7.57. The Balaban J connectivity index is 2.11. The van der Waals surface area contributed by atoms with E-state index in [4.69, 9.17) is 0 Å². The average Bonchev–Trinajstić information content (AvgIpc) is 2.93. The molecule has 0 N–H and O–H groups in total. The summed E-state index contributed by atoms with van der Waals surface area (Å²) >= 11 is 0. The molecule has 0 bridgehead atoms. The minimum Gasteiger partial charge on any atom is -0.290 e. The molecule has 1 saturated heterocycles. The van der Waals surface area contributed by atoms with E-state index in [0.717, 1.165) is 4.68 Å². The predicted octanol–water partition coefficient (Wildman–Crippen LogP) is -1.75. The molecule has 1 unspecified atom stereocenters. The summed E-state index contributed by atoms with van der Waals surface area (Å²) in [5, 5.41) is 4.21. The van der Waals surface area contributed by atoms with Crippen LogP contribution in [-0.4, -0.2) is 46.4 Å². The number of nitrogens with zero attached hydrogens (tertiary/aromatic N) is 4. The van der Waals surface area contributed by atoms with Crippen molar-refractivity contribution in [3.8, 4) is 0 Å². The van der Waals surface area contributed by atoms with Crippen molar-refractivity contribution in [2.75, 3.05) is 19.3 Å². The lowest BCUT2D eigenvalue weighted by Gasteiger charge is -2.22. The number of aromatic nitrogens is 3. The van der Waals surface area contributed by atoms with Crippen LogP contribution in [0.2, 0.25) is 0 Å². The smallest absolute Gasteiger partial charge is 0.290 e. The quantitative estimate of drug-likeness (QED) is 0.573. The van der Waals surface area contributed by atoms with Gasteiger partial charge in [-0.15, -0.1) is 0 Å². The summed E-state index contributed by atoms with van der Waals surface area (Å²) in [6.45, 7) is 1.18. The van der Waals surface area contributed by atoms with E-state index in [9.17, 15) is 18.0 Å². The van der Waals surface area contributed by atoms with Crippen LogP contribution in [0.5, 0.6) is 0 Å². The van der Waals surface area contributed by atoms with Gasteiger partial charge in [0.2, 0.25) is 10.0 Å². The van der Waals surface area contributed by atoms with Crippen LogP contribution in [0.3, 0.4) is 0 Å². The molecule has 110 valence electrons. The Bertz CT molecular complexity index is 794. The van der Waals surface area contributed by atoms with Crippen molar-refractivity contribution in [2.45, 2.75) is 24.8 Å².